The van der Waals surface area contributed by atoms with E-state index >= 15 is 0 Å². The van der Waals surface area contributed by atoms with Gasteiger partial charge in [-0.15, -0.1) is 0 Å². The van der Waals surface area contributed by atoms with Crippen molar-refractivity contribution in [2.75, 3.05) is 0 Å². The normalized spacial score (nSPS) is 14.4. The monoisotopic (exact) mass is 2340 g/mol. The zero-order valence-electron chi connectivity index (χ0n) is 116. The summed E-state index contributed by atoms with van der Waals surface area (Å²) in [6, 6.07) is 59.6. The van der Waals surface area contributed by atoms with Crippen LogP contribution >= 0.6 is 0 Å². The Balaban J connectivity index is -0.000000106. The van der Waals surface area contributed by atoms with Crippen LogP contribution in [0.2, 0.25) is 210 Å². The van der Waals surface area contributed by atoms with Crippen LogP contribution in [-0.2, 0) is 16.2 Å². The molecule has 7 rings (SSSR count). The summed E-state index contributed by atoms with van der Waals surface area (Å²) in [5.74, 6) is 13.5. The summed E-state index contributed by atoms with van der Waals surface area (Å²) in [4.78, 5) is 9.59. The third-order valence-corrected chi connectivity index (χ3v) is 56.5. The Bertz CT molecular complexity index is 3180. The molecule has 0 amide bonds. The molecule has 0 N–H and O–H groups in total. The van der Waals surface area contributed by atoms with Gasteiger partial charge in [0.1, 0.15) is 0 Å². The van der Waals surface area contributed by atoms with Crippen molar-refractivity contribution in [3.63, 3.8) is 0 Å². The van der Waals surface area contributed by atoms with Gasteiger partial charge in [0.15, 0.2) is 0 Å². The van der Waals surface area contributed by atoms with E-state index in [4.69, 9.17) is 0 Å². The first kappa shape index (κ1) is 176. The first-order valence-corrected chi connectivity index (χ1v) is 107. The fraction of sp³-hybridized carbons (Fsp3) is 0.783. The van der Waals surface area contributed by atoms with Crippen molar-refractivity contribution in [2.45, 2.75) is 652 Å². The molecule has 0 heterocycles. The molecule has 4 atom stereocenters. The number of rotatable bonds is 19. The topological polar surface area (TPSA) is 0 Å². The molecule has 0 saturated heterocycles. The van der Waals surface area contributed by atoms with Crippen LogP contribution in [0.15, 0.2) is 146 Å². The fourth-order valence-electron chi connectivity index (χ4n) is 9.34. The summed E-state index contributed by atoms with van der Waals surface area (Å²) in [5, 5.41) is 0. The van der Waals surface area contributed by atoms with E-state index in [2.05, 4.69) is 610 Å². The van der Waals surface area contributed by atoms with Gasteiger partial charge >= 0.3 is 74.4 Å². The molecule has 0 spiro atoms. The molecule has 2 saturated carbocycles. The van der Waals surface area contributed by atoms with Gasteiger partial charge in [0.2, 0.25) is 0 Å². The van der Waals surface area contributed by atoms with Crippen LogP contribution in [0, 0.1) is 59.2 Å². The van der Waals surface area contributed by atoms with E-state index < -0.39 is 87.2 Å². The van der Waals surface area contributed by atoms with Gasteiger partial charge in [-0.25, -0.2) is 0 Å². The molecular formula is C138H292GeSi7Sn. The van der Waals surface area contributed by atoms with Crippen LogP contribution in [0.25, 0.3) is 0 Å². The van der Waals surface area contributed by atoms with Crippen molar-refractivity contribution in [3.8, 4) is 0 Å². The van der Waals surface area contributed by atoms with Gasteiger partial charge in [-0.05, 0) is 110 Å². The average molecular weight is 2340 g/mol. The molecule has 0 aromatic heterocycles. The second kappa shape index (κ2) is 97.0. The maximum absolute atomic E-state index is 2.54. The molecular weight excluding hydrogens is 2050 g/mol. The minimum atomic E-state index is -1.18. The molecule has 0 nitrogen and oxygen atoms in total. The summed E-state index contributed by atoms with van der Waals surface area (Å²) in [6.07, 6.45) is 28.9. The molecule has 880 valence electrons. The van der Waals surface area contributed by atoms with Crippen LogP contribution in [0.1, 0.15) is 445 Å². The Morgan fingerprint density at radius 2 is 0.476 bits per heavy atom. The van der Waals surface area contributed by atoms with E-state index in [1.807, 2.05) is 0 Å². The van der Waals surface area contributed by atoms with Crippen LogP contribution in [0.4, 0.5) is 0 Å². The molecule has 4 unspecified atom stereocenters. The van der Waals surface area contributed by atoms with Crippen LogP contribution in [0.3, 0.4) is 0 Å². The molecule has 0 bridgehead atoms. The second-order valence-electron chi connectivity index (χ2n) is 60.8. The molecule has 2 aliphatic carbocycles. The number of unbranched alkanes of at least 4 members (excludes halogenated alkanes) is 4. The molecule has 2 fully saturated rings. The molecule has 5 aromatic rings. The predicted octanol–water partition coefficient (Wildman–Crippen LogP) is 53.1. The zero-order valence-corrected chi connectivity index (χ0v) is 128. The zero-order chi connectivity index (χ0) is 120. The molecule has 5 aromatic carbocycles. The summed E-state index contributed by atoms with van der Waals surface area (Å²) in [5.41, 5.74) is 11.2. The van der Waals surface area contributed by atoms with Gasteiger partial charge in [0.05, 0.1) is 0 Å². The number of aryl methyl sites for hydroxylation is 2. The van der Waals surface area contributed by atoms with E-state index in [0.29, 0.717) is 32.5 Å². The van der Waals surface area contributed by atoms with E-state index in [0.717, 1.165) is 23.7 Å². The average Bonchev–Trinajstić information content (AvgIpc) is 1.35. The summed E-state index contributed by atoms with van der Waals surface area (Å²) in [7, 11) is -4.71. The molecule has 9 heteroatoms. The van der Waals surface area contributed by atoms with E-state index in [1.165, 1.54) is 192 Å². The third kappa shape index (κ3) is 163. The molecule has 0 radical (unpaired) electrons. The van der Waals surface area contributed by atoms with Crippen molar-refractivity contribution in [1.29, 1.82) is 0 Å². The van der Waals surface area contributed by atoms with Crippen molar-refractivity contribution < 1.29 is 0 Å². The van der Waals surface area contributed by atoms with E-state index in [1.54, 1.807) is 12.1 Å². The summed E-state index contributed by atoms with van der Waals surface area (Å²) >= 11 is -2.18. The van der Waals surface area contributed by atoms with Gasteiger partial charge in [0.25, 0.3) is 0 Å². The molecule has 147 heavy (non-hydrogen) atoms. The van der Waals surface area contributed by atoms with Gasteiger partial charge in [-0.3, -0.25) is 0 Å². The first-order chi connectivity index (χ1) is 66.0. The van der Waals surface area contributed by atoms with Gasteiger partial charge < -0.3 is 0 Å². The maximum atomic E-state index is 2.54. The SMILES string of the molecule is CC(C)(C)C.CC(C)(C)c1ccccc1.CC(C)(c1ccccc1)c1ccccc1.CC1CCCC1C.CC1CCCCC1C.CCC.CCC(C)(C)C.CCC(C)(C)C.CCC(C)(C)CC.CCC(C)(C)c1ccccc1.CCCC.CCCC.CCCC[Si](C)(C)CCCC.CC[Si](C)(C)C.CC[Si](C)(C)C.CC[Si](C)(C)CC.C[Si](C)(C)C.C[Si](C)(C)[Si](C)(C)C.Cc1ccccc1C.[CH3][Ge]([CH3])([CH3])[CH3].[CH3][Sn]([CH3])([CH3])[CH3]. The van der Waals surface area contributed by atoms with Crippen molar-refractivity contribution in [2.24, 2.45) is 45.3 Å². The standard InChI is InChI=1S/C15H16.C11H16.C10H24Si.C10H14.C8H16.C8H10.C7H14.C7H16.C6H18Si2.C6H16Si.2C6H14.2C5H14Si.C5H12.C4H12Ge.C4H12Si.2C4H10.C3H8.4CH3.Sn/c1-15(2,13-9-5-3-6-10-13)14-11-7-4-8-12-14;1-4-11(2,3)10-8-6-5-7-9-10;1-5-7-9-11(3,4)10-8-6-2;1-10(2,3)9-7-5-4-6-8-9;2*1-7-5-3-4-6-8(7)2;1-6-4-3-5-7(6)2;1-5-7(3,4)6-2;1-7(2,3)8(4,5)6;1-5-7(3,4)6-2;4*1-5-6(2,3)4;3*1-5(2,3)4;2*1-3-4-2;1-3-2;;;;;/h3-12H,1-2H3;5-9H,4H2,1-3H3;5-10H2,1-4H3;4-8H,1-3H3;7-8H,3-6H2,1-2H3;3-6H,1-2H3;6-7H,3-5H2,1-2H3;5-6H2,1-4H3;1-6H3;5-6H2,1-4H3;4*5H2,1-4H3;3*1-4H3;2*3-4H2,1-2H3;3H2,1-2H3;4*1H3;. The van der Waals surface area contributed by atoms with Gasteiger partial charge in [-0.1, -0.05) is 718 Å². The number of benzene rings is 5. The predicted molar refractivity (Wildman–Crippen MR) is 738 cm³/mol. The summed E-state index contributed by atoms with van der Waals surface area (Å²) in [6.45, 7) is 142. The van der Waals surface area contributed by atoms with Crippen molar-refractivity contribution >= 4 is 87.2 Å². The Kier molecular flexibility index (Phi) is 116. The van der Waals surface area contributed by atoms with Crippen LogP contribution in [0.5, 0.6) is 0 Å². The van der Waals surface area contributed by atoms with Gasteiger partial charge in [0, 0.05) is 61.0 Å². The number of hydrogen-bond donors (Lipinski definition) is 0. The number of hydrogen-bond acceptors (Lipinski definition) is 0. The Hall–Kier alpha value is -1.04. The van der Waals surface area contributed by atoms with Crippen molar-refractivity contribution in [1.82, 2.24) is 0 Å². The quantitative estimate of drug-likeness (QED) is 0.0723. The molecule has 0 aliphatic heterocycles. The molecule has 2 aliphatic rings. The van der Waals surface area contributed by atoms with Gasteiger partial charge in [-0.2, -0.15) is 0 Å². The van der Waals surface area contributed by atoms with E-state index in [-0.39, 0.29) is 5.41 Å². The Morgan fingerprint density at radius 3 is 0.592 bits per heavy atom. The Morgan fingerprint density at radius 1 is 0.286 bits per heavy atom. The first-order valence-electron chi connectivity index (χ1n) is 61.2. The third-order valence-electron chi connectivity index (χ3n) is 27.1. The van der Waals surface area contributed by atoms with Crippen LogP contribution in [-0.4, -0.2) is 87.2 Å². The Labute approximate surface area is 954 Å². The van der Waals surface area contributed by atoms with E-state index in [9.17, 15) is 0 Å². The summed E-state index contributed by atoms with van der Waals surface area (Å²) < 4.78 is 0. The second-order valence-corrected chi connectivity index (χ2v) is 137. The fourth-order valence-corrected chi connectivity index (χ4v) is 12.7. The minimum absolute atomic E-state index is 0.0858. The van der Waals surface area contributed by atoms with Crippen LogP contribution < -0.4 is 0 Å². The van der Waals surface area contributed by atoms with Crippen molar-refractivity contribution in [3.05, 3.63) is 179 Å².